The smallest absolute Gasteiger partial charge is 0.266 e. The van der Waals surface area contributed by atoms with E-state index in [1.807, 2.05) is 43.3 Å². The van der Waals surface area contributed by atoms with Crippen molar-refractivity contribution < 1.29 is 19.0 Å². The zero-order chi connectivity index (χ0) is 23.6. The maximum Gasteiger partial charge on any atom is 0.266 e. The number of ether oxygens (including phenoxy) is 3. The predicted octanol–water partition coefficient (Wildman–Crippen LogP) is 5.87. The van der Waals surface area contributed by atoms with Crippen molar-refractivity contribution in [3.8, 4) is 23.3 Å². The first-order valence-electron chi connectivity index (χ1n) is 10.2. The second kappa shape index (κ2) is 11.6. The number of nitrogens with zero attached hydrogens (tertiary/aromatic N) is 1. The summed E-state index contributed by atoms with van der Waals surface area (Å²) in [7, 11) is 1.49. The Morgan fingerprint density at radius 3 is 2.45 bits per heavy atom. The van der Waals surface area contributed by atoms with Gasteiger partial charge in [-0.05, 0) is 60.5 Å². The van der Waals surface area contributed by atoms with Gasteiger partial charge < -0.3 is 19.5 Å². The molecule has 0 spiro atoms. The largest absolute Gasteiger partial charge is 0.491 e. The predicted molar refractivity (Wildman–Crippen MR) is 129 cm³/mol. The monoisotopic (exact) mass is 462 g/mol. The quantitative estimate of drug-likeness (QED) is 0.317. The van der Waals surface area contributed by atoms with Gasteiger partial charge in [0.25, 0.3) is 5.91 Å². The molecule has 3 aromatic carbocycles. The molecular weight excluding hydrogens is 440 g/mol. The third-order valence-electron chi connectivity index (χ3n) is 4.57. The molecule has 0 aliphatic carbocycles. The summed E-state index contributed by atoms with van der Waals surface area (Å²) in [5.74, 6) is 0.959. The Kier molecular flexibility index (Phi) is 8.34. The van der Waals surface area contributed by atoms with E-state index in [9.17, 15) is 10.1 Å². The van der Waals surface area contributed by atoms with Crippen molar-refractivity contribution in [2.75, 3.05) is 19.0 Å². The fourth-order valence-corrected chi connectivity index (χ4v) is 3.32. The van der Waals surface area contributed by atoms with Gasteiger partial charge in [0.1, 0.15) is 24.0 Å². The van der Waals surface area contributed by atoms with E-state index < -0.39 is 5.91 Å². The molecule has 0 aliphatic heterocycles. The summed E-state index contributed by atoms with van der Waals surface area (Å²) >= 11 is 6.26. The topological polar surface area (TPSA) is 80.6 Å². The van der Waals surface area contributed by atoms with Crippen LogP contribution in [0, 0.1) is 11.3 Å². The van der Waals surface area contributed by atoms with Gasteiger partial charge in [0.2, 0.25) is 0 Å². The van der Waals surface area contributed by atoms with Crippen LogP contribution < -0.4 is 19.5 Å². The number of hydrogen-bond donors (Lipinski definition) is 1. The lowest BCUT2D eigenvalue weighted by Crippen LogP contribution is -2.13. The third kappa shape index (κ3) is 6.52. The minimum Gasteiger partial charge on any atom is -0.491 e. The summed E-state index contributed by atoms with van der Waals surface area (Å²) in [5.41, 5.74) is 2.06. The molecule has 0 fully saturated rings. The maximum atomic E-state index is 12.6. The Morgan fingerprint density at radius 2 is 1.82 bits per heavy atom. The molecule has 0 unspecified atom stereocenters. The highest BCUT2D eigenvalue weighted by Gasteiger charge is 2.14. The lowest BCUT2D eigenvalue weighted by Gasteiger charge is -2.12. The van der Waals surface area contributed by atoms with Gasteiger partial charge in [-0.1, -0.05) is 41.9 Å². The molecule has 7 heteroatoms. The average Bonchev–Trinajstić information content (AvgIpc) is 2.83. The normalized spacial score (nSPS) is 10.8. The van der Waals surface area contributed by atoms with Crippen molar-refractivity contribution in [2.45, 2.75) is 13.5 Å². The van der Waals surface area contributed by atoms with E-state index in [4.69, 9.17) is 25.8 Å². The highest BCUT2D eigenvalue weighted by molar-refractivity contribution is 6.32. The summed E-state index contributed by atoms with van der Waals surface area (Å²) in [4.78, 5) is 12.6. The van der Waals surface area contributed by atoms with Crippen LogP contribution in [0.25, 0.3) is 6.08 Å². The maximum absolute atomic E-state index is 12.6. The van der Waals surface area contributed by atoms with Gasteiger partial charge in [0, 0.05) is 5.69 Å². The number of rotatable bonds is 9. The molecule has 168 valence electrons. The molecule has 0 radical (unpaired) electrons. The fourth-order valence-electron chi connectivity index (χ4n) is 3.02. The number of nitriles is 1. The number of anilines is 1. The molecule has 0 saturated carbocycles. The molecule has 3 aromatic rings. The number of carbonyl (C=O) groups is 1. The zero-order valence-electron chi connectivity index (χ0n) is 18.3. The van der Waals surface area contributed by atoms with Crippen LogP contribution in [0.15, 0.2) is 72.3 Å². The molecule has 0 aliphatic rings. The number of halogens is 1. The Hall–Kier alpha value is -3.95. The van der Waals surface area contributed by atoms with Crippen molar-refractivity contribution in [3.63, 3.8) is 0 Å². The summed E-state index contributed by atoms with van der Waals surface area (Å²) in [6, 6.07) is 22.0. The van der Waals surface area contributed by atoms with Crippen LogP contribution in [-0.2, 0) is 11.4 Å². The second-order valence-electron chi connectivity index (χ2n) is 6.89. The molecule has 6 nitrogen and oxygen atoms in total. The molecular formula is C26H23ClN2O4. The summed E-state index contributed by atoms with van der Waals surface area (Å²) in [6.45, 7) is 2.69. The number of amides is 1. The molecule has 33 heavy (non-hydrogen) atoms. The van der Waals surface area contributed by atoms with Crippen LogP contribution in [0.3, 0.4) is 0 Å². The van der Waals surface area contributed by atoms with E-state index in [1.165, 1.54) is 13.2 Å². The first kappa shape index (κ1) is 23.7. The number of nitrogens with one attached hydrogen (secondary N) is 1. The van der Waals surface area contributed by atoms with Crippen LogP contribution in [0.4, 0.5) is 5.69 Å². The Balaban J connectivity index is 1.69. The second-order valence-corrected chi connectivity index (χ2v) is 7.30. The van der Waals surface area contributed by atoms with Crippen molar-refractivity contribution in [1.82, 2.24) is 0 Å². The average molecular weight is 463 g/mol. The van der Waals surface area contributed by atoms with Crippen molar-refractivity contribution in [3.05, 3.63) is 88.5 Å². The molecule has 1 amide bonds. The summed E-state index contributed by atoms with van der Waals surface area (Å²) in [5, 5.41) is 12.5. The molecule has 3 rings (SSSR count). The van der Waals surface area contributed by atoms with Crippen LogP contribution in [0.5, 0.6) is 17.2 Å². The standard InChI is InChI=1S/C26H23ClN2O4/c1-3-32-24-15-19(14-23(27)25(24)31-2)13-20(16-28)26(30)29-21-9-11-22(12-10-21)33-17-18-7-5-4-6-8-18/h4-15H,3,17H2,1-2H3,(H,29,30)/b20-13+. The molecule has 0 aromatic heterocycles. The van der Waals surface area contributed by atoms with E-state index in [0.717, 1.165) is 5.56 Å². The van der Waals surface area contributed by atoms with Crippen molar-refractivity contribution >= 4 is 29.3 Å². The highest BCUT2D eigenvalue weighted by Crippen LogP contribution is 2.37. The van der Waals surface area contributed by atoms with Gasteiger partial charge >= 0.3 is 0 Å². The number of methoxy groups -OCH3 is 1. The Labute approximate surface area is 198 Å². The first-order valence-corrected chi connectivity index (χ1v) is 10.6. The summed E-state index contributed by atoms with van der Waals surface area (Å²) < 4.78 is 16.6. The fraction of sp³-hybridized carbons (Fsp3) is 0.154. The van der Waals surface area contributed by atoms with Gasteiger partial charge in [-0.2, -0.15) is 5.26 Å². The van der Waals surface area contributed by atoms with Gasteiger partial charge in [-0.3, -0.25) is 4.79 Å². The number of benzene rings is 3. The highest BCUT2D eigenvalue weighted by atomic mass is 35.5. The van der Waals surface area contributed by atoms with Crippen LogP contribution in [0.1, 0.15) is 18.1 Å². The van der Waals surface area contributed by atoms with Gasteiger partial charge in [0.05, 0.1) is 18.7 Å². The SMILES string of the molecule is CCOc1cc(/C=C(\C#N)C(=O)Nc2ccc(OCc3ccccc3)cc2)cc(Cl)c1OC. The van der Waals surface area contributed by atoms with E-state index in [-0.39, 0.29) is 5.57 Å². The molecule has 1 N–H and O–H groups in total. The minimum absolute atomic E-state index is 0.0805. The zero-order valence-corrected chi connectivity index (χ0v) is 19.1. The lowest BCUT2D eigenvalue weighted by atomic mass is 10.1. The van der Waals surface area contributed by atoms with Gasteiger partial charge in [-0.15, -0.1) is 0 Å². The molecule has 0 heterocycles. The van der Waals surface area contributed by atoms with Gasteiger partial charge in [-0.25, -0.2) is 0 Å². The molecule has 0 bridgehead atoms. The van der Waals surface area contributed by atoms with Gasteiger partial charge in [0.15, 0.2) is 11.5 Å². The summed E-state index contributed by atoms with van der Waals surface area (Å²) in [6.07, 6.45) is 1.44. The number of hydrogen-bond acceptors (Lipinski definition) is 5. The Bertz CT molecular complexity index is 1170. The van der Waals surface area contributed by atoms with Crippen LogP contribution >= 0.6 is 11.6 Å². The van der Waals surface area contributed by atoms with Crippen molar-refractivity contribution in [1.29, 1.82) is 5.26 Å². The van der Waals surface area contributed by atoms with E-state index in [0.29, 0.717) is 46.7 Å². The lowest BCUT2D eigenvalue weighted by molar-refractivity contribution is -0.112. The van der Waals surface area contributed by atoms with E-state index >= 15 is 0 Å². The minimum atomic E-state index is -0.541. The Morgan fingerprint density at radius 1 is 1.09 bits per heavy atom. The first-order chi connectivity index (χ1) is 16.0. The molecule has 0 atom stereocenters. The molecule has 0 saturated heterocycles. The van der Waals surface area contributed by atoms with Crippen LogP contribution in [0.2, 0.25) is 5.02 Å². The number of carbonyl (C=O) groups excluding carboxylic acids is 1. The van der Waals surface area contributed by atoms with Crippen molar-refractivity contribution in [2.24, 2.45) is 0 Å². The van der Waals surface area contributed by atoms with E-state index in [1.54, 1.807) is 36.4 Å². The van der Waals surface area contributed by atoms with Crippen LogP contribution in [-0.4, -0.2) is 19.6 Å². The third-order valence-corrected chi connectivity index (χ3v) is 4.85. The van der Waals surface area contributed by atoms with E-state index in [2.05, 4.69) is 5.32 Å².